The van der Waals surface area contributed by atoms with E-state index >= 15 is 0 Å². The number of methoxy groups -OCH3 is 1. The number of rotatable bonds is 6. The van der Waals surface area contributed by atoms with E-state index < -0.39 is 6.09 Å². The number of benzene rings is 1. The largest absolute Gasteiger partial charge is 0.479 e. The van der Waals surface area contributed by atoms with Gasteiger partial charge in [-0.2, -0.15) is 0 Å². The molecule has 8 nitrogen and oxygen atoms in total. The van der Waals surface area contributed by atoms with E-state index in [9.17, 15) is 9.90 Å². The molecule has 1 N–H and O–H groups in total. The predicted molar refractivity (Wildman–Crippen MR) is 130 cm³/mol. The third-order valence-corrected chi connectivity index (χ3v) is 6.43. The van der Waals surface area contributed by atoms with Crippen LogP contribution in [0.4, 0.5) is 4.79 Å². The lowest BCUT2D eigenvalue weighted by atomic mass is 10.1. The van der Waals surface area contributed by atoms with Gasteiger partial charge in [-0.3, -0.25) is 4.98 Å². The predicted octanol–water partition coefficient (Wildman–Crippen LogP) is 4.72. The molecule has 5 rings (SSSR count). The van der Waals surface area contributed by atoms with Crippen molar-refractivity contribution in [2.24, 2.45) is 0 Å². The van der Waals surface area contributed by atoms with Crippen molar-refractivity contribution in [3.63, 3.8) is 0 Å². The fraction of sp³-hybridized carbons (Fsp3) is 0.308. The summed E-state index contributed by atoms with van der Waals surface area (Å²) in [6.07, 6.45) is 7.03. The number of fused-ring (bicyclic) bond motifs is 1. The summed E-state index contributed by atoms with van der Waals surface area (Å²) in [6.45, 7) is 3.28. The molecule has 4 heterocycles. The Balaban J connectivity index is 1.55. The fourth-order valence-electron chi connectivity index (χ4n) is 4.66. The van der Waals surface area contributed by atoms with E-state index in [2.05, 4.69) is 26.1 Å². The SMILES string of the molecule is COc1nnc(-c2ccncc2)cc1-c1cc2ccc(CCN3CCCCC3)cc2n1C(=O)O. The second-order valence-electron chi connectivity index (χ2n) is 8.58. The number of ether oxygens (including phenoxy) is 1. The van der Waals surface area contributed by atoms with Crippen molar-refractivity contribution < 1.29 is 14.6 Å². The summed E-state index contributed by atoms with van der Waals surface area (Å²) in [5.74, 6) is 0.272. The topological polar surface area (TPSA) is 93.4 Å². The number of hydrogen-bond acceptors (Lipinski definition) is 6. The van der Waals surface area contributed by atoms with Crippen LogP contribution in [0, 0.1) is 0 Å². The summed E-state index contributed by atoms with van der Waals surface area (Å²) in [6, 6.07) is 13.4. The highest BCUT2D eigenvalue weighted by Crippen LogP contribution is 2.35. The molecule has 3 aromatic heterocycles. The third kappa shape index (κ3) is 4.36. The van der Waals surface area contributed by atoms with E-state index in [1.54, 1.807) is 12.4 Å². The molecule has 34 heavy (non-hydrogen) atoms. The van der Waals surface area contributed by atoms with Gasteiger partial charge in [0.1, 0.15) is 0 Å². The fourth-order valence-corrected chi connectivity index (χ4v) is 4.66. The molecule has 0 spiro atoms. The van der Waals surface area contributed by atoms with Gasteiger partial charge in [0.05, 0.1) is 29.6 Å². The normalized spacial score (nSPS) is 14.4. The first-order valence-corrected chi connectivity index (χ1v) is 11.6. The van der Waals surface area contributed by atoms with Crippen molar-refractivity contribution in [1.82, 2.24) is 24.6 Å². The minimum atomic E-state index is -1.05. The molecule has 8 heteroatoms. The van der Waals surface area contributed by atoms with E-state index in [1.165, 1.54) is 30.9 Å². The minimum absolute atomic E-state index is 0.272. The average Bonchev–Trinajstić information content (AvgIpc) is 3.27. The number of hydrogen-bond donors (Lipinski definition) is 1. The monoisotopic (exact) mass is 457 g/mol. The molecule has 4 aromatic rings. The number of nitrogens with zero attached hydrogens (tertiary/aromatic N) is 5. The van der Waals surface area contributed by atoms with Crippen LogP contribution in [0.2, 0.25) is 0 Å². The molecule has 174 valence electrons. The highest BCUT2D eigenvalue weighted by atomic mass is 16.5. The Morgan fingerprint density at radius 2 is 1.82 bits per heavy atom. The molecule has 0 amide bonds. The van der Waals surface area contributed by atoms with Gasteiger partial charge in [0.25, 0.3) is 0 Å². The van der Waals surface area contributed by atoms with E-state index in [4.69, 9.17) is 4.74 Å². The maximum Gasteiger partial charge on any atom is 0.416 e. The molecule has 1 aliphatic rings. The minimum Gasteiger partial charge on any atom is -0.479 e. The van der Waals surface area contributed by atoms with Crippen LogP contribution >= 0.6 is 0 Å². The molecule has 1 aromatic carbocycles. The molecule has 1 saturated heterocycles. The number of piperidine rings is 1. The molecule has 0 aliphatic carbocycles. The maximum atomic E-state index is 12.4. The van der Waals surface area contributed by atoms with Crippen molar-refractivity contribution >= 4 is 17.0 Å². The number of likely N-dealkylation sites (tertiary alicyclic amines) is 1. The van der Waals surface area contributed by atoms with E-state index in [-0.39, 0.29) is 5.88 Å². The molecule has 1 aliphatic heterocycles. The Kier molecular flexibility index (Phi) is 6.22. The number of carboxylic acid groups (broad SMARTS) is 1. The van der Waals surface area contributed by atoms with Gasteiger partial charge in [-0.25, -0.2) is 9.36 Å². The standard InChI is InChI=1S/C26H27N5O3/c1-34-25-21(17-22(28-29-25)19-7-10-27-11-8-19)24-16-20-6-5-18(15-23(20)31(24)26(32)33)9-14-30-12-3-2-4-13-30/h5-8,10-11,15-17H,2-4,9,12-14H2,1H3,(H,32,33). The van der Waals surface area contributed by atoms with Crippen LogP contribution in [0.5, 0.6) is 5.88 Å². The molecule has 0 bridgehead atoms. The first kappa shape index (κ1) is 22.0. The number of aromatic nitrogens is 4. The van der Waals surface area contributed by atoms with Gasteiger partial charge in [0, 0.05) is 29.9 Å². The van der Waals surface area contributed by atoms with Crippen molar-refractivity contribution in [1.29, 1.82) is 0 Å². The summed E-state index contributed by atoms with van der Waals surface area (Å²) in [5, 5.41) is 19.5. The van der Waals surface area contributed by atoms with Crippen molar-refractivity contribution in [3.05, 3.63) is 60.4 Å². The Labute approximate surface area is 197 Å². The van der Waals surface area contributed by atoms with Gasteiger partial charge in [-0.1, -0.05) is 18.6 Å². The molecule has 0 radical (unpaired) electrons. The Bertz CT molecular complexity index is 1310. The second kappa shape index (κ2) is 9.61. The lowest BCUT2D eigenvalue weighted by molar-refractivity contribution is 0.198. The molecule has 0 saturated carbocycles. The van der Waals surface area contributed by atoms with Gasteiger partial charge in [-0.15, -0.1) is 10.2 Å². The highest BCUT2D eigenvalue weighted by Gasteiger charge is 2.21. The zero-order valence-corrected chi connectivity index (χ0v) is 19.1. The van der Waals surface area contributed by atoms with E-state index in [0.29, 0.717) is 22.5 Å². The Morgan fingerprint density at radius 3 is 2.56 bits per heavy atom. The van der Waals surface area contributed by atoms with Crippen LogP contribution in [0.15, 0.2) is 54.9 Å². The molecule has 0 atom stereocenters. The maximum absolute atomic E-state index is 12.4. The van der Waals surface area contributed by atoms with Crippen LogP contribution < -0.4 is 4.74 Å². The summed E-state index contributed by atoms with van der Waals surface area (Å²) >= 11 is 0. The molecular formula is C26H27N5O3. The molecule has 0 unspecified atom stereocenters. The van der Waals surface area contributed by atoms with Gasteiger partial charge >= 0.3 is 6.09 Å². The quantitative estimate of drug-likeness (QED) is 0.448. The van der Waals surface area contributed by atoms with Gasteiger partial charge in [0.15, 0.2) is 0 Å². The summed E-state index contributed by atoms with van der Waals surface area (Å²) in [7, 11) is 1.51. The Hall–Kier alpha value is -3.78. The van der Waals surface area contributed by atoms with Crippen LogP contribution in [-0.4, -0.2) is 62.6 Å². The van der Waals surface area contributed by atoms with Crippen LogP contribution in [0.3, 0.4) is 0 Å². The summed E-state index contributed by atoms with van der Waals surface area (Å²) < 4.78 is 6.77. The first-order chi connectivity index (χ1) is 16.6. The van der Waals surface area contributed by atoms with Gasteiger partial charge in [0.2, 0.25) is 5.88 Å². The average molecular weight is 458 g/mol. The summed E-state index contributed by atoms with van der Waals surface area (Å²) in [5.41, 5.74) is 4.30. The van der Waals surface area contributed by atoms with E-state index in [1.807, 2.05) is 36.4 Å². The molecular weight excluding hydrogens is 430 g/mol. The van der Waals surface area contributed by atoms with Crippen LogP contribution in [0.1, 0.15) is 24.8 Å². The molecule has 1 fully saturated rings. The van der Waals surface area contributed by atoms with Gasteiger partial charge < -0.3 is 14.7 Å². The number of pyridine rings is 1. The third-order valence-electron chi connectivity index (χ3n) is 6.43. The van der Waals surface area contributed by atoms with Gasteiger partial charge in [-0.05, 0) is 68.2 Å². The Morgan fingerprint density at radius 1 is 1.03 bits per heavy atom. The second-order valence-corrected chi connectivity index (χ2v) is 8.58. The zero-order chi connectivity index (χ0) is 23.5. The smallest absolute Gasteiger partial charge is 0.416 e. The van der Waals surface area contributed by atoms with Crippen molar-refractivity contribution in [2.45, 2.75) is 25.7 Å². The lowest BCUT2D eigenvalue weighted by Gasteiger charge is -2.26. The first-order valence-electron chi connectivity index (χ1n) is 11.6. The van der Waals surface area contributed by atoms with E-state index in [0.717, 1.165) is 42.6 Å². The zero-order valence-electron chi connectivity index (χ0n) is 19.1. The summed E-state index contributed by atoms with van der Waals surface area (Å²) in [4.78, 5) is 18.9. The highest BCUT2D eigenvalue weighted by molar-refractivity contribution is 5.96. The lowest BCUT2D eigenvalue weighted by Crippen LogP contribution is -2.31. The van der Waals surface area contributed by atoms with Crippen LogP contribution in [-0.2, 0) is 6.42 Å². The van der Waals surface area contributed by atoms with Crippen LogP contribution in [0.25, 0.3) is 33.4 Å². The number of carbonyl (C=O) groups is 1. The van der Waals surface area contributed by atoms with Crippen molar-refractivity contribution in [2.75, 3.05) is 26.7 Å². The van der Waals surface area contributed by atoms with Crippen molar-refractivity contribution in [3.8, 4) is 28.4 Å².